The largest absolute Gasteiger partial charge is 0.405 e. The van der Waals surface area contributed by atoms with Crippen LogP contribution < -0.4 is 17.2 Å². The minimum Gasteiger partial charge on any atom is -0.405 e. The molecule has 1 aromatic rings. The van der Waals surface area contributed by atoms with Gasteiger partial charge in [-0.1, -0.05) is 6.08 Å². The van der Waals surface area contributed by atoms with Crippen molar-refractivity contribution < 1.29 is 14.9 Å². The lowest BCUT2D eigenvalue weighted by Crippen LogP contribution is -2.42. The van der Waals surface area contributed by atoms with E-state index >= 15 is 0 Å². The highest BCUT2D eigenvalue weighted by Crippen LogP contribution is 2.37. The third-order valence-corrected chi connectivity index (χ3v) is 3.35. The smallest absolute Gasteiger partial charge is 0.351 e. The summed E-state index contributed by atoms with van der Waals surface area (Å²) < 4.78 is 6.96. The van der Waals surface area contributed by atoms with Crippen LogP contribution in [0, 0.1) is 0 Å². The summed E-state index contributed by atoms with van der Waals surface area (Å²) in [6.45, 7) is -0.341. The molecule has 1 aliphatic heterocycles. The zero-order valence-corrected chi connectivity index (χ0v) is 10.8. The molecule has 110 valence electrons. The van der Waals surface area contributed by atoms with Crippen LogP contribution in [0.25, 0.3) is 0 Å². The Hall–Kier alpha value is -1.90. The Kier molecular flexibility index (Phi) is 4.07. The van der Waals surface area contributed by atoms with Gasteiger partial charge in [-0.2, -0.15) is 4.98 Å². The molecule has 1 aliphatic rings. The average Bonchev–Trinajstić information content (AvgIpc) is 2.73. The van der Waals surface area contributed by atoms with E-state index in [1.807, 2.05) is 0 Å². The Morgan fingerprint density at radius 2 is 2.40 bits per heavy atom. The zero-order chi connectivity index (χ0) is 14.8. The van der Waals surface area contributed by atoms with E-state index in [0.29, 0.717) is 0 Å². The third kappa shape index (κ3) is 2.53. The molecule has 0 spiro atoms. The van der Waals surface area contributed by atoms with E-state index in [-0.39, 0.29) is 25.3 Å². The molecule has 1 aromatic heterocycles. The van der Waals surface area contributed by atoms with Crippen molar-refractivity contribution in [2.75, 3.05) is 12.3 Å². The maximum absolute atomic E-state index is 12.0. The maximum Gasteiger partial charge on any atom is 0.351 e. The second kappa shape index (κ2) is 5.61. The van der Waals surface area contributed by atoms with Crippen LogP contribution in [0.4, 0.5) is 5.82 Å². The minimum absolute atomic E-state index is 0.105. The van der Waals surface area contributed by atoms with Crippen LogP contribution in [0.1, 0.15) is 12.8 Å². The first kappa shape index (κ1) is 14.5. The van der Waals surface area contributed by atoms with E-state index in [2.05, 4.69) is 4.98 Å². The van der Waals surface area contributed by atoms with Crippen molar-refractivity contribution in [1.82, 2.24) is 9.55 Å². The van der Waals surface area contributed by atoms with Crippen molar-refractivity contribution in [3.05, 3.63) is 35.0 Å². The highest BCUT2D eigenvalue weighted by molar-refractivity contribution is 5.24. The third-order valence-electron chi connectivity index (χ3n) is 3.35. The van der Waals surface area contributed by atoms with Crippen LogP contribution in [-0.4, -0.2) is 38.6 Å². The first-order valence-electron chi connectivity index (χ1n) is 6.21. The molecule has 0 saturated carbocycles. The quantitative estimate of drug-likeness (QED) is 0.526. The van der Waals surface area contributed by atoms with Gasteiger partial charge in [-0.05, 0) is 12.3 Å². The van der Waals surface area contributed by atoms with Crippen molar-refractivity contribution >= 4 is 5.82 Å². The summed E-state index contributed by atoms with van der Waals surface area (Å²) in [5.74, 6) is 0.105. The molecule has 20 heavy (non-hydrogen) atoms. The Balaban J connectivity index is 2.45. The minimum atomic E-state index is -1.12. The molecule has 8 heteroatoms. The summed E-state index contributed by atoms with van der Waals surface area (Å²) in [6.07, 6.45) is 3.19. The fourth-order valence-corrected chi connectivity index (χ4v) is 2.39. The van der Waals surface area contributed by atoms with E-state index in [4.69, 9.17) is 16.2 Å². The van der Waals surface area contributed by atoms with Crippen molar-refractivity contribution in [2.24, 2.45) is 5.73 Å². The Bertz CT molecular complexity index is 559. The zero-order valence-electron chi connectivity index (χ0n) is 10.8. The van der Waals surface area contributed by atoms with Gasteiger partial charge in [-0.3, -0.25) is 4.57 Å². The molecule has 2 heterocycles. The molecule has 8 nitrogen and oxygen atoms in total. The van der Waals surface area contributed by atoms with Crippen molar-refractivity contribution in [2.45, 2.75) is 30.8 Å². The molecule has 2 rings (SSSR count). The van der Waals surface area contributed by atoms with Crippen LogP contribution in [0.5, 0.6) is 0 Å². The first-order chi connectivity index (χ1) is 9.52. The van der Waals surface area contributed by atoms with Crippen LogP contribution in [0.3, 0.4) is 0 Å². The molecule has 0 unspecified atom stereocenters. The summed E-state index contributed by atoms with van der Waals surface area (Å²) in [4.78, 5) is 15.6. The average molecular weight is 282 g/mol. The van der Waals surface area contributed by atoms with Gasteiger partial charge in [0.25, 0.3) is 0 Å². The number of aliphatic hydroxyl groups is 2. The number of aromatic nitrogens is 2. The fraction of sp³-hybridized carbons (Fsp3) is 0.500. The first-order valence-corrected chi connectivity index (χ1v) is 6.21. The molecule has 1 fully saturated rings. The van der Waals surface area contributed by atoms with Crippen LogP contribution in [-0.2, 0) is 10.5 Å². The Morgan fingerprint density at radius 1 is 1.65 bits per heavy atom. The number of ether oxygens (including phenoxy) is 1. The van der Waals surface area contributed by atoms with Gasteiger partial charge in [-0.25, -0.2) is 4.79 Å². The van der Waals surface area contributed by atoms with Crippen molar-refractivity contribution in [3.63, 3.8) is 0 Å². The topological polar surface area (TPSA) is 137 Å². The molecule has 0 aliphatic carbocycles. The van der Waals surface area contributed by atoms with Gasteiger partial charge in [0.05, 0.1) is 12.7 Å². The highest BCUT2D eigenvalue weighted by atomic mass is 16.6. The van der Waals surface area contributed by atoms with Gasteiger partial charge in [0.15, 0.2) is 5.72 Å². The molecule has 0 radical (unpaired) electrons. The van der Waals surface area contributed by atoms with Gasteiger partial charge in [0.1, 0.15) is 11.9 Å². The van der Waals surface area contributed by atoms with Crippen molar-refractivity contribution in [3.8, 4) is 0 Å². The molecule has 1 saturated heterocycles. The summed E-state index contributed by atoms with van der Waals surface area (Å²) in [5, 5.41) is 19.1. The highest BCUT2D eigenvalue weighted by Gasteiger charge is 2.47. The second-order valence-electron chi connectivity index (χ2n) is 4.69. The normalized spacial score (nSPS) is 30.1. The van der Waals surface area contributed by atoms with Crippen molar-refractivity contribution in [1.29, 1.82) is 0 Å². The molecule has 3 atom stereocenters. The lowest BCUT2D eigenvalue weighted by atomic mass is 10.0. The van der Waals surface area contributed by atoms with E-state index in [1.54, 1.807) is 6.08 Å². The molecule has 0 bridgehead atoms. The van der Waals surface area contributed by atoms with Gasteiger partial charge in [0, 0.05) is 19.0 Å². The number of hydrogen-bond donors (Lipinski definition) is 4. The van der Waals surface area contributed by atoms with E-state index in [1.165, 1.54) is 23.0 Å². The molecule has 6 N–H and O–H groups in total. The van der Waals surface area contributed by atoms with E-state index in [9.17, 15) is 15.0 Å². The van der Waals surface area contributed by atoms with Gasteiger partial charge in [-0.15, -0.1) is 0 Å². The number of nitrogen functional groups attached to an aromatic ring is 1. The fourth-order valence-electron chi connectivity index (χ4n) is 2.39. The number of hydrogen-bond acceptors (Lipinski definition) is 7. The van der Waals surface area contributed by atoms with Crippen LogP contribution in [0.2, 0.25) is 0 Å². The van der Waals surface area contributed by atoms with Crippen LogP contribution >= 0.6 is 0 Å². The SMILES string of the molecule is NC=CC[C@]1(n2ccc(N)nc2=O)C[C@H](O)[C@@H](CO)O1. The van der Waals surface area contributed by atoms with E-state index in [0.717, 1.165) is 0 Å². The number of rotatable bonds is 4. The van der Waals surface area contributed by atoms with E-state index < -0.39 is 23.6 Å². The lowest BCUT2D eigenvalue weighted by Gasteiger charge is -2.29. The molecule has 0 amide bonds. The number of anilines is 1. The van der Waals surface area contributed by atoms with Gasteiger partial charge >= 0.3 is 5.69 Å². The van der Waals surface area contributed by atoms with Gasteiger partial charge in [0.2, 0.25) is 0 Å². The molecular weight excluding hydrogens is 264 g/mol. The number of nitrogens with two attached hydrogens (primary N) is 2. The predicted molar refractivity (Wildman–Crippen MR) is 71.4 cm³/mol. The van der Waals surface area contributed by atoms with Crippen LogP contribution in [0.15, 0.2) is 29.3 Å². The number of aliphatic hydroxyl groups excluding tert-OH is 2. The lowest BCUT2D eigenvalue weighted by molar-refractivity contribution is -0.117. The molecular formula is C12H18N4O4. The maximum atomic E-state index is 12.0. The monoisotopic (exact) mass is 282 g/mol. The Labute approximate surface area is 115 Å². The Morgan fingerprint density at radius 3 is 2.95 bits per heavy atom. The van der Waals surface area contributed by atoms with Gasteiger partial charge < -0.3 is 26.4 Å². The standard InChI is InChI=1S/C12H18N4O4/c13-4-1-3-12(6-8(18)9(7-17)20-12)16-5-2-10(14)15-11(16)19/h1-2,4-5,8-9,17-18H,3,6-7,13H2,(H2,14,15,19)/t8-,9+,12+/m0/s1. The number of nitrogens with zero attached hydrogens (tertiary/aromatic N) is 2. The second-order valence-corrected chi connectivity index (χ2v) is 4.69. The summed E-state index contributed by atoms with van der Waals surface area (Å²) >= 11 is 0. The summed E-state index contributed by atoms with van der Waals surface area (Å²) in [6, 6.07) is 1.47. The predicted octanol–water partition coefficient (Wildman–Crippen LogP) is -1.52. The summed E-state index contributed by atoms with van der Waals surface area (Å²) in [7, 11) is 0. The summed E-state index contributed by atoms with van der Waals surface area (Å²) in [5.41, 5.74) is 9.09. The molecule has 0 aromatic carbocycles.